The average molecular weight is 1040 g/mol. The predicted molar refractivity (Wildman–Crippen MR) is 295 cm³/mol. The Morgan fingerprint density at radius 2 is 1.25 bits per heavy atom. The molecular weight excluding hydrogens is 949 g/mol. The van der Waals surface area contributed by atoms with Gasteiger partial charge in [0, 0.05) is 6.42 Å². The third-order valence-electron chi connectivity index (χ3n) is 26.2. The number of fused-ring (bicyclic) bond motifs is 11. The molecule has 9 aliphatic carbocycles. The van der Waals surface area contributed by atoms with Crippen LogP contribution < -0.4 is 0 Å². The van der Waals surface area contributed by atoms with Gasteiger partial charge in [0.2, 0.25) is 0 Å². The normalized spacial score (nSPS) is 46.1. The lowest BCUT2D eigenvalue weighted by molar-refractivity contribution is -0.205. The minimum absolute atomic E-state index is 0.0775. The second-order valence-electron chi connectivity index (χ2n) is 29.2. The van der Waals surface area contributed by atoms with E-state index in [0.717, 1.165) is 132 Å². The van der Waals surface area contributed by atoms with E-state index < -0.39 is 18.0 Å². The largest absolute Gasteiger partial charge is 0.478 e. The predicted octanol–water partition coefficient (Wildman–Crippen LogP) is 13.0. The number of carboxylic acid groups (broad SMARTS) is 2. The molecule has 2 aromatic carbocycles. The molecule has 7 N–H and O–H groups in total. The van der Waals surface area contributed by atoms with Crippen LogP contribution in [0.1, 0.15) is 208 Å². The molecule has 0 amide bonds. The lowest BCUT2D eigenvalue weighted by Gasteiger charge is -2.65. The first kappa shape index (κ1) is 53.3. The van der Waals surface area contributed by atoms with Gasteiger partial charge in [-0.15, -0.1) is 0 Å². The van der Waals surface area contributed by atoms with Gasteiger partial charge in [-0.3, -0.25) is 0 Å². The SMILES string of the molecule is CC[C@H]1[C@@H](O)[C@@H]2[C@H](CC[C@]3(C)[C@@H]([C@H](CCC[C@H]4[C@@H](O)[C@@H]5[C@H](CC[C@]6(C)[C@@H]([C@H](C)Cc7nc8c(C(=O)O)cccc8[nH]7)CC[C@@H]56)[C@@]5(C)CC[C@@H](O)C[C@@H]45)CC4CC4c4cccc(C(=O)O)c4)CC[C@@H]23)[C@@]2(C)CC[C@@H](O)C[C@@H]12. The molecule has 1 aromatic heterocycles. The average Bonchev–Trinajstić information content (AvgIpc) is 3.78. The summed E-state index contributed by atoms with van der Waals surface area (Å²) in [7, 11) is 0. The lowest BCUT2D eigenvalue weighted by atomic mass is 9.41. The lowest BCUT2D eigenvalue weighted by Crippen LogP contribution is -2.62. The molecule has 2 unspecified atom stereocenters. The van der Waals surface area contributed by atoms with Gasteiger partial charge in [0.25, 0.3) is 0 Å². The zero-order valence-electron chi connectivity index (χ0n) is 46.9. The number of carboxylic acids is 2. The van der Waals surface area contributed by atoms with Crippen LogP contribution in [0, 0.1) is 110 Å². The van der Waals surface area contributed by atoms with E-state index in [4.69, 9.17) is 4.98 Å². The summed E-state index contributed by atoms with van der Waals surface area (Å²) in [5.41, 5.74) is 3.53. The third kappa shape index (κ3) is 8.52. The number of aliphatic hydroxyl groups excluding tert-OH is 4. The van der Waals surface area contributed by atoms with Crippen molar-refractivity contribution in [2.75, 3.05) is 0 Å². The molecule has 0 bridgehead atoms. The molecule has 0 aliphatic heterocycles. The second-order valence-corrected chi connectivity index (χ2v) is 29.2. The molecule has 9 saturated carbocycles. The quantitative estimate of drug-likeness (QED) is 0.0826. The van der Waals surface area contributed by atoms with Gasteiger partial charge in [0.1, 0.15) is 11.3 Å². The van der Waals surface area contributed by atoms with Gasteiger partial charge in [-0.2, -0.15) is 0 Å². The molecule has 416 valence electrons. The van der Waals surface area contributed by atoms with E-state index in [1.54, 1.807) is 18.2 Å². The zero-order valence-corrected chi connectivity index (χ0v) is 46.9. The number of imidazole rings is 1. The Labute approximate surface area is 453 Å². The molecule has 0 spiro atoms. The number of aliphatic hydroxyl groups is 4. The summed E-state index contributed by atoms with van der Waals surface area (Å²) in [6.45, 7) is 14.9. The third-order valence-corrected chi connectivity index (χ3v) is 26.2. The number of aromatic amines is 1. The summed E-state index contributed by atoms with van der Waals surface area (Å²) >= 11 is 0. The highest BCUT2D eigenvalue weighted by Crippen LogP contribution is 2.72. The van der Waals surface area contributed by atoms with Crippen molar-refractivity contribution in [3.8, 4) is 0 Å². The van der Waals surface area contributed by atoms with Gasteiger partial charge in [0.15, 0.2) is 0 Å². The zero-order chi connectivity index (χ0) is 53.4. The number of hydrogen-bond donors (Lipinski definition) is 7. The maximum atomic E-state index is 13.3. The fourth-order valence-electron chi connectivity index (χ4n) is 22.7. The van der Waals surface area contributed by atoms with E-state index in [9.17, 15) is 40.2 Å². The Morgan fingerprint density at radius 3 is 1.88 bits per heavy atom. The van der Waals surface area contributed by atoms with E-state index in [-0.39, 0.29) is 63.3 Å². The number of aromatic nitrogens is 2. The Morgan fingerprint density at radius 1 is 0.671 bits per heavy atom. The highest BCUT2D eigenvalue weighted by molar-refractivity contribution is 6.00. The molecule has 24 atom stereocenters. The van der Waals surface area contributed by atoms with Gasteiger partial charge < -0.3 is 35.6 Å². The number of H-pyrrole nitrogens is 1. The number of rotatable bonds is 14. The van der Waals surface area contributed by atoms with E-state index in [2.05, 4.69) is 52.6 Å². The molecule has 9 aliphatic rings. The number of carbonyl (C=O) groups is 2. The smallest absolute Gasteiger partial charge is 0.337 e. The number of nitrogens with zero attached hydrogens (tertiary/aromatic N) is 1. The van der Waals surface area contributed by atoms with E-state index in [0.29, 0.717) is 88.0 Å². The highest BCUT2D eigenvalue weighted by Gasteiger charge is 2.67. The first-order chi connectivity index (χ1) is 36.3. The van der Waals surface area contributed by atoms with Crippen molar-refractivity contribution in [3.63, 3.8) is 0 Å². The van der Waals surface area contributed by atoms with E-state index in [1.807, 2.05) is 18.2 Å². The molecular formula is C66H94N2O8. The molecule has 0 saturated heterocycles. The van der Waals surface area contributed by atoms with Gasteiger partial charge in [-0.25, -0.2) is 14.6 Å². The minimum Gasteiger partial charge on any atom is -0.478 e. The molecule has 10 nitrogen and oxygen atoms in total. The van der Waals surface area contributed by atoms with Crippen LogP contribution >= 0.6 is 0 Å². The molecule has 76 heavy (non-hydrogen) atoms. The van der Waals surface area contributed by atoms with Crippen LogP contribution in [0.15, 0.2) is 42.5 Å². The van der Waals surface area contributed by atoms with Crippen molar-refractivity contribution in [2.45, 2.75) is 207 Å². The second kappa shape index (κ2) is 19.7. The van der Waals surface area contributed by atoms with Crippen LogP contribution in [0.5, 0.6) is 0 Å². The molecule has 3 aromatic rings. The van der Waals surface area contributed by atoms with Crippen LogP contribution in [-0.4, -0.2) is 77.0 Å². The molecule has 1 heterocycles. The summed E-state index contributed by atoms with van der Waals surface area (Å²) in [6.07, 6.45) is 20.6. The minimum atomic E-state index is -0.957. The molecule has 9 fully saturated rings. The summed E-state index contributed by atoms with van der Waals surface area (Å²) in [4.78, 5) is 32.5. The van der Waals surface area contributed by atoms with Crippen molar-refractivity contribution in [1.82, 2.24) is 9.97 Å². The maximum Gasteiger partial charge on any atom is 0.337 e. The monoisotopic (exact) mass is 1040 g/mol. The van der Waals surface area contributed by atoms with Crippen molar-refractivity contribution in [2.24, 2.45) is 110 Å². The van der Waals surface area contributed by atoms with Crippen molar-refractivity contribution in [1.29, 1.82) is 0 Å². The van der Waals surface area contributed by atoms with Crippen molar-refractivity contribution >= 4 is 23.0 Å². The Kier molecular flexibility index (Phi) is 13.9. The number of nitrogens with one attached hydrogen (secondary N) is 1. The molecule has 0 radical (unpaired) electrons. The van der Waals surface area contributed by atoms with E-state index >= 15 is 0 Å². The number of para-hydroxylation sites is 1. The summed E-state index contributed by atoms with van der Waals surface area (Å²) in [6, 6.07) is 13.0. The topological polar surface area (TPSA) is 184 Å². The number of benzene rings is 2. The van der Waals surface area contributed by atoms with Crippen LogP contribution in [0.2, 0.25) is 0 Å². The van der Waals surface area contributed by atoms with Gasteiger partial charge in [0.05, 0.1) is 41.1 Å². The Balaban J connectivity index is 0.802. The number of hydrogen-bond acceptors (Lipinski definition) is 7. The number of aromatic carboxylic acids is 2. The Hall–Kier alpha value is -3.31. The highest BCUT2D eigenvalue weighted by atomic mass is 16.4. The van der Waals surface area contributed by atoms with Gasteiger partial charge in [-0.05, 0) is 255 Å². The fraction of sp³-hybridized carbons (Fsp3) is 0.773. The summed E-state index contributed by atoms with van der Waals surface area (Å²) in [5, 5.41) is 68.2. The standard InChI is InChI=1S/C66H94N2O8/c1-7-42-52-33-40(69)21-25-65(52,5)50-24-28-64(4)47(18-20-49(64)56(50)59(42)71)37(31-39-32-45(39)36-11-8-13-38(30-36)61(73)74)12-9-14-43-53-34-41(70)22-26-66(53,6)51-23-27-63(3)46(17-19-48(63)57(51)60(43)72)35(2)29-55-67-54-16-10-15-44(62(75)76)58(54)68-55/h8,10-11,13,15-16,30,35,37,39-43,45-53,56-57,59-60,69-72H,7,9,12,14,17-29,31-34H2,1-6H3,(H,67,68)(H,73,74)(H,75,76)/t35-,37-,39?,40-,41-,42-,43-,45?,46-,47-,48+,49+,50+,51+,52+,53+,56+,57+,59-,60-,63-,64-,65-,66-/m1/s1. The van der Waals surface area contributed by atoms with Crippen LogP contribution in [-0.2, 0) is 6.42 Å². The first-order valence-electron chi connectivity index (χ1n) is 31.0. The van der Waals surface area contributed by atoms with Crippen molar-refractivity contribution < 1.29 is 40.2 Å². The van der Waals surface area contributed by atoms with Crippen molar-refractivity contribution in [3.05, 3.63) is 65.0 Å². The maximum absolute atomic E-state index is 13.3. The van der Waals surface area contributed by atoms with Gasteiger partial charge in [-0.1, -0.05) is 79.0 Å². The van der Waals surface area contributed by atoms with Crippen LogP contribution in [0.4, 0.5) is 0 Å². The molecule has 10 heteroatoms. The first-order valence-corrected chi connectivity index (χ1v) is 31.0. The van der Waals surface area contributed by atoms with Crippen LogP contribution in [0.3, 0.4) is 0 Å². The summed E-state index contributed by atoms with van der Waals surface area (Å²) < 4.78 is 0. The van der Waals surface area contributed by atoms with Gasteiger partial charge >= 0.3 is 11.9 Å². The summed E-state index contributed by atoms with van der Waals surface area (Å²) in [5.74, 6) is 5.24. The van der Waals surface area contributed by atoms with Crippen LogP contribution in [0.25, 0.3) is 11.0 Å². The Bertz CT molecular complexity index is 2650. The molecule has 12 rings (SSSR count). The fourth-order valence-corrected chi connectivity index (χ4v) is 22.7. The van der Waals surface area contributed by atoms with E-state index in [1.165, 1.54) is 19.3 Å².